The third kappa shape index (κ3) is 16.0. The van der Waals surface area contributed by atoms with Crippen molar-refractivity contribution in [1.82, 2.24) is 0 Å². The molecule has 0 radical (unpaired) electrons. The normalized spacial score (nSPS) is 12.3. The van der Waals surface area contributed by atoms with Crippen LogP contribution < -0.4 is 51.4 Å². The Bertz CT molecular complexity index is 224. The van der Waals surface area contributed by atoms with Gasteiger partial charge in [-0.1, -0.05) is 0 Å². The van der Waals surface area contributed by atoms with E-state index >= 15 is 0 Å². The molecule has 0 bridgehead atoms. The molecule has 0 N–H and O–H groups in total. The van der Waals surface area contributed by atoms with Gasteiger partial charge in [-0.3, -0.25) is 0 Å². The van der Waals surface area contributed by atoms with Gasteiger partial charge in [0, 0.05) is 12.2 Å². The molecule has 0 rings (SSSR count). The van der Waals surface area contributed by atoms with Gasteiger partial charge in [-0.05, 0) is 12.8 Å². The molecule has 0 aliphatic heterocycles. The molecule has 0 saturated heterocycles. The summed E-state index contributed by atoms with van der Waals surface area (Å²) < 4.78 is 64.1. The van der Waals surface area contributed by atoms with Crippen molar-refractivity contribution in [3.63, 3.8) is 0 Å². The van der Waals surface area contributed by atoms with Crippen molar-refractivity contribution in [1.29, 1.82) is 0 Å². The van der Waals surface area contributed by atoms with E-state index in [2.05, 4.69) is 0 Å². The van der Waals surface area contributed by atoms with E-state index in [1.54, 1.807) is 0 Å². The van der Waals surface area contributed by atoms with E-state index < -0.39 is 28.5 Å². The Hall–Kier alpha value is 1.34. The number of hydrogen-bond donors (Lipinski definition) is 0. The van der Waals surface area contributed by atoms with Crippen LogP contribution in [0.1, 0.15) is 19.3 Å². The first-order chi connectivity index (χ1) is 5.21. The molecule has 13 heavy (non-hydrogen) atoms. The summed E-state index contributed by atoms with van der Waals surface area (Å²) in [5.74, 6) is -0.719. The first-order valence-electron chi connectivity index (χ1n) is 3.21. The average Bonchev–Trinajstić information content (AvgIpc) is 1.76. The molecule has 0 spiro atoms. The smallest absolute Gasteiger partial charge is 0.748 e. The van der Waals surface area contributed by atoms with E-state index in [0.717, 1.165) is 0 Å². The molecule has 0 aliphatic carbocycles. The zero-order chi connectivity index (χ0) is 9.83. The summed E-state index contributed by atoms with van der Waals surface area (Å²) in [4.78, 5) is 0. The molecule has 0 heterocycles. The summed E-state index contributed by atoms with van der Waals surface area (Å²) >= 11 is 0. The molecule has 0 unspecified atom stereocenters. The molecular formula is C5H8F3KO3S. The minimum absolute atomic E-state index is 0. The van der Waals surface area contributed by atoms with Crippen LogP contribution in [0.2, 0.25) is 0 Å². The molecule has 8 heteroatoms. The Kier molecular flexibility index (Phi) is 8.70. The Morgan fingerprint density at radius 3 is 1.92 bits per heavy atom. The van der Waals surface area contributed by atoms with Crippen molar-refractivity contribution in [2.24, 2.45) is 0 Å². The van der Waals surface area contributed by atoms with E-state index in [-0.39, 0.29) is 64.2 Å². The number of alkyl halides is 3. The molecule has 0 amide bonds. The van der Waals surface area contributed by atoms with Crippen LogP contribution in [0.3, 0.4) is 0 Å². The minimum Gasteiger partial charge on any atom is -0.748 e. The summed E-state index contributed by atoms with van der Waals surface area (Å²) in [7, 11) is -4.36. The van der Waals surface area contributed by atoms with Crippen LogP contribution in [0.4, 0.5) is 13.2 Å². The molecule has 0 atom stereocenters. The van der Waals surface area contributed by atoms with Crippen LogP contribution in [0.25, 0.3) is 0 Å². The molecule has 0 aromatic carbocycles. The fourth-order valence-electron chi connectivity index (χ4n) is 0.604. The maximum absolute atomic E-state index is 11.4. The van der Waals surface area contributed by atoms with Gasteiger partial charge in [0.2, 0.25) is 0 Å². The molecule has 0 aromatic rings. The molecule has 0 aliphatic rings. The first-order valence-corrected chi connectivity index (χ1v) is 4.79. The van der Waals surface area contributed by atoms with E-state index in [1.807, 2.05) is 0 Å². The van der Waals surface area contributed by atoms with Crippen LogP contribution in [0.15, 0.2) is 0 Å². The third-order valence-electron chi connectivity index (χ3n) is 1.10. The van der Waals surface area contributed by atoms with Gasteiger partial charge < -0.3 is 4.55 Å². The van der Waals surface area contributed by atoms with Gasteiger partial charge in [-0.2, -0.15) is 13.2 Å². The standard InChI is InChI=1S/C5H9F3O3S.K/c6-5(7,8)3-1-2-4-12(9,10)11;/h1-4H2,(H,9,10,11);/q;+1/p-1. The van der Waals surface area contributed by atoms with Crippen LogP contribution in [0.5, 0.6) is 0 Å². The summed E-state index contributed by atoms with van der Waals surface area (Å²) in [6, 6.07) is 0. The second kappa shape index (κ2) is 6.75. The number of hydrogen-bond acceptors (Lipinski definition) is 3. The Balaban J connectivity index is 0. The van der Waals surface area contributed by atoms with E-state index in [0.29, 0.717) is 0 Å². The predicted molar refractivity (Wildman–Crippen MR) is 34.5 cm³/mol. The van der Waals surface area contributed by atoms with Gasteiger partial charge in [0.25, 0.3) is 0 Å². The zero-order valence-corrected chi connectivity index (χ0v) is 11.0. The van der Waals surface area contributed by atoms with Gasteiger partial charge in [0.1, 0.15) is 0 Å². The maximum Gasteiger partial charge on any atom is 1.00 e. The van der Waals surface area contributed by atoms with Gasteiger partial charge >= 0.3 is 57.6 Å². The van der Waals surface area contributed by atoms with Crippen molar-refractivity contribution in [2.45, 2.75) is 25.4 Å². The van der Waals surface area contributed by atoms with Gasteiger partial charge in [0.15, 0.2) is 0 Å². The average molecular weight is 244 g/mol. The van der Waals surface area contributed by atoms with E-state index in [1.165, 1.54) is 0 Å². The van der Waals surface area contributed by atoms with Crippen molar-refractivity contribution in [3.05, 3.63) is 0 Å². The SMILES string of the molecule is O=S(=O)([O-])CCCCC(F)(F)F.[K+]. The topological polar surface area (TPSA) is 57.2 Å². The number of halogens is 3. The van der Waals surface area contributed by atoms with Crippen molar-refractivity contribution < 1.29 is 77.5 Å². The third-order valence-corrected chi connectivity index (χ3v) is 1.89. The minimum atomic E-state index is -4.36. The fraction of sp³-hybridized carbons (Fsp3) is 1.00. The summed E-state index contributed by atoms with van der Waals surface area (Å²) in [6.45, 7) is 0. The second-order valence-electron chi connectivity index (χ2n) is 2.33. The monoisotopic (exact) mass is 244 g/mol. The van der Waals surface area contributed by atoms with E-state index in [9.17, 15) is 26.1 Å². The maximum atomic E-state index is 11.4. The second-order valence-corrected chi connectivity index (χ2v) is 3.86. The largest absolute Gasteiger partial charge is 1.00 e. The first kappa shape index (κ1) is 16.8. The van der Waals surface area contributed by atoms with Crippen LogP contribution in [-0.2, 0) is 10.1 Å². The van der Waals surface area contributed by atoms with Crippen LogP contribution >= 0.6 is 0 Å². The van der Waals surface area contributed by atoms with Crippen molar-refractivity contribution in [3.8, 4) is 0 Å². The molecule has 0 saturated carbocycles. The fourth-order valence-corrected chi connectivity index (χ4v) is 1.16. The quantitative estimate of drug-likeness (QED) is 0.335. The number of rotatable bonds is 4. The molecule has 74 valence electrons. The van der Waals surface area contributed by atoms with Crippen molar-refractivity contribution in [2.75, 3.05) is 5.75 Å². The molecule has 0 fully saturated rings. The number of unbranched alkanes of at least 4 members (excludes halogenated alkanes) is 1. The molecule has 0 aromatic heterocycles. The summed E-state index contributed by atoms with van der Waals surface area (Å²) in [5, 5.41) is 0. The zero-order valence-electron chi connectivity index (χ0n) is 7.10. The summed E-state index contributed by atoms with van der Waals surface area (Å²) in [6.07, 6.45) is -5.86. The summed E-state index contributed by atoms with van der Waals surface area (Å²) in [5.41, 5.74) is 0. The van der Waals surface area contributed by atoms with Gasteiger partial charge in [-0.15, -0.1) is 0 Å². The Labute approximate surface area is 117 Å². The van der Waals surface area contributed by atoms with Crippen molar-refractivity contribution >= 4 is 10.1 Å². The van der Waals surface area contributed by atoms with Crippen LogP contribution in [0, 0.1) is 0 Å². The Morgan fingerprint density at radius 1 is 1.15 bits per heavy atom. The molecule has 3 nitrogen and oxygen atoms in total. The predicted octanol–water partition coefficient (Wildman–Crippen LogP) is -1.73. The molecular weight excluding hydrogens is 236 g/mol. The van der Waals surface area contributed by atoms with Gasteiger partial charge in [-0.25, -0.2) is 8.42 Å². The van der Waals surface area contributed by atoms with Crippen LogP contribution in [-0.4, -0.2) is 24.9 Å². The van der Waals surface area contributed by atoms with Gasteiger partial charge in [0.05, 0.1) is 10.1 Å². The van der Waals surface area contributed by atoms with E-state index in [4.69, 9.17) is 0 Å². The Morgan fingerprint density at radius 2 is 1.62 bits per heavy atom.